The molecule has 3 heterocycles. The highest BCUT2D eigenvalue weighted by Gasteiger charge is 2.38. The van der Waals surface area contributed by atoms with Crippen molar-refractivity contribution in [3.05, 3.63) is 34.8 Å². The van der Waals surface area contributed by atoms with Gasteiger partial charge in [0.05, 0.1) is 19.0 Å². The summed E-state index contributed by atoms with van der Waals surface area (Å²) in [4.78, 5) is 31.0. The highest BCUT2D eigenvalue weighted by atomic mass is 16.3. The molecule has 3 atom stereocenters. The summed E-state index contributed by atoms with van der Waals surface area (Å²) >= 11 is 0. The molecule has 3 rings (SSSR count). The molecule has 11 nitrogen and oxygen atoms in total. The number of nitrogens with one attached hydrogen (secondary N) is 1. The molecule has 0 aromatic carbocycles. The maximum atomic E-state index is 12.1. The first-order valence-corrected chi connectivity index (χ1v) is 6.70. The van der Waals surface area contributed by atoms with Crippen molar-refractivity contribution < 1.29 is 15.0 Å². The van der Waals surface area contributed by atoms with Gasteiger partial charge in [0.15, 0.2) is 5.69 Å². The molecule has 122 valence electrons. The molecule has 1 aliphatic rings. The van der Waals surface area contributed by atoms with Crippen molar-refractivity contribution in [2.24, 2.45) is 5.73 Å². The smallest absolute Gasteiger partial charge is 0.351 e. The van der Waals surface area contributed by atoms with Crippen LogP contribution in [0.25, 0.3) is 0 Å². The van der Waals surface area contributed by atoms with Gasteiger partial charge in [-0.3, -0.25) is 13.9 Å². The topological polar surface area (TPSA) is 174 Å². The van der Waals surface area contributed by atoms with Crippen LogP contribution in [0.5, 0.6) is 0 Å². The second-order valence-electron chi connectivity index (χ2n) is 5.09. The number of aliphatic hydroxyl groups excluding tert-OH is 2. The molecule has 0 radical (unpaired) electrons. The van der Waals surface area contributed by atoms with E-state index in [0.717, 1.165) is 4.57 Å². The highest BCUT2D eigenvalue weighted by Crippen LogP contribution is 2.30. The molecule has 7 N–H and O–H groups in total. The summed E-state index contributed by atoms with van der Waals surface area (Å²) in [6.07, 6.45) is 0.480. The fourth-order valence-electron chi connectivity index (χ4n) is 2.60. The molecule has 0 bridgehead atoms. The molecule has 0 saturated carbocycles. The SMILES string of the molecule is NC(=O)c1ncn2c1N[C@@H](CO)[C@H](O)[C@@H]2n1ccc(N)nc1=O. The van der Waals surface area contributed by atoms with Gasteiger partial charge in [-0.15, -0.1) is 0 Å². The van der Waals surface area contributed by atoms with Crippen molar-refractivity contribution in [2.45, 2.75) is 18.3 Å². The van der Waals surface area contributed by atoms with Gasteiger partial charge in [0.1, 0.15) is 23.9 Å². The molecule has 11 heteroatoms. The van der Waals surface area contributed by atoms with E-state index >= 15 is 0 Å². The summed E-state index contributed by atoms with van der Waals surface area (Å²) in [7, 11) is 0. The summed E-state index contributed by atoms with van der Waals surface area (Å²) in [5.74, 6) is -0.534. The molecule has 0 spiro atoms. The third-order valence-corrected chi connectivity index (χ3v) is 3.69. The van der Waals surface area contributed by atoms with Gasteiger partial charge in [-0.2, -0.15) is 4.98 Å². The number of nitrogen functional groups attached to an aromatic ring is 1. The van der Waals surface area contributed by atoms with Crippen LogP contribution in [0, 0.1) is 0 Å². The lowest BCUT2D eigenvalue weighted by atomic mass is 10.1. The Hall–Kier alpha value is -2.92. The van der Waals surface area contributed by atoms with Crippen LogP contribution in [-0.4, -0.2) is 54.0 Å². The normalized spacial score (nSPS) is 23.1. The van der Waals surface area contributed by atoms with Crippen LogP contribution in [0.15, 0.2) is 23.4 Å². The number of aromatic nitrogens is 4. The quantitative estimate of drug-likeness (QED) is 0.406. The Morgan fingerprint density at radius 3 is 2.78 bits per heavy atom. The minimum atomic E-state index is -1.19. The van der Waals surface area contributed by atoms with E-state index in [9.17, 15) is 19.8 Å². The van der Waals surface area contributed by atoms with Gasteiger partial charge in [0, 0.05) is 6.20 Å². The largest absolute Gasteiger partial charge is 0.394 e. The molecular formula is C12H15N7O4. The Balaban J connectivity index is 2.19. The van der Waals surface area contributed by atoms with Crippen LogP contribution in [0.1, 0.15) is 16.7 Å². The summed E-state index contributed by atoms with van der Waals surface area (Å²) in [5.41, 5.74) is 9.98. The second-order valence-corrected chi connectivity index (χ2v) is 5.09. The van der Waals surface area contributed by atoms with Crippen molar-refractivity contribution >= 4 is 17.5 Å². The van der Waals surface area contributed by atoms with Gasteiger partial charge in [-0.25, -0.2) is 9.78 Å². The van der Waals surface area contributed by atoms with Crippen LogP contribution >= 0.6 is 0 Å². The monoisotopic (exact) mass is 321 g/mol. The number of nitrogens with two attached hydrogens (primary N) is 2. The zero-order chi connectivity index (χ0) is 16.7. The lowest BCUT2D eigenvalue weighted by molar-refractivity contribution is 0.0479. The Labute approximate surface area is 129 Å². The third-order valence-electron chi connectivity index (χ3n) is 3.69. The number of aliphatic hydroxyl groups is 2. The van der Waals surface area contributed by atoms with E-state index in [2.05, 4.69) is 15.3 Å². The molecule has 0 fully saturated rings. The zero-order valence-electron chi connectivity index (χ0n) is 11.8. The van der Waals surface area contributed by atoms with Gasteiger partial charge in [0.25, 0.3) is 5.91 Å². The zero-order valence-corrected chi connectivity index (χ0v) is 11.8. The Morgan fingerprint density at radius 2 is 2.17 bits per heavy atom. The molecule has 2 aromatic rings. The van der Waals surface area contributed by atoms with Crippen LogP contribution in [0.2, 0.25) is 0 Å². The maximum absolute atomic E-state index is 12.1. The number of nitrogens with zero attached hydrogens (tertiary/aromatic N) is 4. The number of hydrogen-bond donors (Lipinski definition) is 5. The summed E-state index contributed by atoms with van der Waals surface area (Å²) in [6, 6.07) is 0.571. The van der Waals surface area contributed by atoms with Crippen molar-refractivity contribution in [1.29, 1.82) is 0 Å². The maximum Gasteiger partial charge on any atom is 0.351 e. The lowest BCUT2D eigenvalue weighted by Crippen LogP contribution is -2.51. The van der Waals surface area contributed by atoms with Gasteiger partial charge >= 0.3 is 5.69 Å². The number of amides is 1. The van der Waals surface area contributed by atoms with E-state index in [1.165, 1.54) is 23.2 Å². The molecule has 1 aliphatic heterocycles. The number of imidazole rings is 1. The van der Waals surface area contributed by atoms with Crippen LogP contribution in [0.4, 0.5) is 11.6 Å². The van der Waals surface area contributed by atoms with Crippen molar-refractivity contribution in [3.8, 4) is 0 Å². The number of rotatable bonds is 3. The predicted octanol–water partition coefficient (Wildman–Crippen LogP) is -2.68. The number of carbonyl (C=O) groups excluding carboxylic acids is 1. The van der Waals surface area contributed by atoms with Gasteiger partial charge in [-0.1, -0.05) is 0 Å². The minimum Gasteiger partial charge on any atom is -0.394 e. The van der Waals surface area contributed by atoms with E-state index in [1.807, 2.05) is 0 Å². The molecule has 2 aromatic heterocycles. The van der Waals surface area contributed by atoms with Crippen LogP contribution in [-0.2, 0) is 0 Å². The average Bonchev–Trinajstić information content (AvgIpc) is 2.91. The first-order valence-electron chi connectivity index (χ1n) is 6.70. The Morgan fingerprint density at radius 1 is 1.43 bits per heavy atom. The van der Waals surface area contributed by atoms with E-state index in [4.69, 9.17) is 11.5 Å². The van der Waals surface area contributed by atoms with E-state index < -0.39 is 36.5 Å². The Bertz CT molecular complexity index is 814. The van der Waals surface area contributed by atoms with Crippen molar-refractivity contribution in [1.82, 2.24) is 19.1 Å². The lowest BCUT2D eigenvalue weighted by Gasteiger charge is -2.37. The fraction of sp³-hybridized carbons (Fsp3) is 0.333. The molecule has 0 saturated heterocycles. The van der Waals surface area contributed by atoms with Gasteiger partial charge in [0.2, 0.25) is 0 Å². The molecule has 0 unspecified atom stereocenters. The second kappa shape index (κ2) is 5.37. The average molecular weight is 321 g/mol. The fourth-order valence-corrected chi connectivity index (χ4v) is 2.60. The summed E-state index contributed by atoms with van der Waals surface area (Å²) < 4.78 is 2.52. The number of fused-ring (bicyclic) bond motifs is 1. The van der Waals surface area contributed by atoms with E-state index in [1.54, 1.807) is 0 Å². The predicted molar refractivity (Wildman–Crippen MR) is 78.6 cm³/mol. The third kappa shape index (κ3) is 2.31. The molecular weight excluding hydrogens is 306 g/mol. The number of primary amides is 1. The summed E-state index contributed by atoms with van der Waals surface area (Å²) in [6.45, 7) is -0.432. The van der Waals surface area contributed by atoms with Gasteiger partial charge < -0.3 is 27.0 Å². The van der Waals surface area contributed by atoms with E-state index in [-0.39, 0.29) is 17.3 Å². The Kier molecular flexibility index (Phi) is 3.50. The first-order chi connectivity index (χ1) is 10.9. The number of anilines is 2. The van der Waals surface area contributed by atoms with Crippen molar-refractivity contribution in [2.75, 3.05) is 17.7 Å². The standard InChI is InChI=1S/C12H15N7O4/c13-6-1-2-18(12(23)17-6)11-8(21)5(3-20)16-10-7(9(14)22)15-4-19(10)11/h1-2,4-5,8,11,16,20-21H,3H2,(H2,14,22)(H2,13,17,23)/t5-,8-,11+/m0/s1. The number of hydrogen-bond acceptors (Lipinski definition) is 8. The molecule has 0 aliphatic carbocycles. The number of carbonyl (C=O) groups is 1. The summed E-state index contributed by atoms with van der Waals surface area (Å²) in [5, 5.41) is 22.7. The molecule has 1 amide bonds. The van der Waals surface area contributed by atoms with E-state index in [0.29, 0.717) is 0 Å². The van der Waals surface area contributed by atoms with Crippen LogP contribution in [0.3, 0.4) is 0 Å². The highest BCUT2D eigenvalue weighted by molar-refractivity contribution is 5.96. The molecule has 23 heavy (non-hydrogen) atoms. The van der Waals surface area contributed by atoms with Crippen LogP contribution < -0.4 is 22.5 Å². The van der Waals surface area contributed by atoms with Gasteiger partial charge in [-0.05, 0) is 6.07 Å². The van der Waals surface area contributed by atoms with Crippen molar-refractivity contribution in [3.63, 3.8) is 0 Å². The first kappa shape index (κ1) is 15.0. The minimum absolute atomic E-state index is 0.0389.